The Kier molecular flexibility index (Phi) is 5.43. The summed E-state index contributed by atoms with van der Waals surface area (Å²) in [6, 6.07) is 0. The largest absolute Gasteiger partial charge is 0.175 e. The predicted molar refractivity (Wildman–Crippen MR) is 46.9 cm³/mol. The lowest BCUT2D eigenvalue weighted by atomic mass is 10.2. The van der Waals surface area contributed by atoms with Crippen LogP contribution in [0.1, 0.15) is 6.92 Å². The summed E-state index contributed by atoms with van der Waals surface area (Å²) < 4.78 is 0. The van der Waals surface area contributed by atoms with E-state index in [0.717, 1.165) is 5.75 Å². The summed E-state index contributed by atoms with van der Waals surface area (Å²) in [6.45, 7) is 5.61. The third-order valence-electron chi connectivity index (χ3n) is 0.867. The van der Waals surface area contributed by atoms with Crippen molar-refractivity contribution in [3.05, 3.63) is 36.5 Å². The van der Waals surface area contributed by atoms with E-state index in [1.165, 1.54) is 5.57 Å². The van der Waals surface area contributed by atoms with Gasteiger partial charge in [-0.05, 0) is 6.92 Å². The lowest BCUT2D eigenvalue weighted by molar-refractivity contribution is 1.51. The highest BCUT2D eigenvalue weighted by Crippen LogP contribution is 1.94. The van der Waals surface area contributed by atoms with Crippen molar-refractivity contribution in [1.29, 1.82) is 0 Å². The third kappa shape index (κ3) is 5.44. The van der Waals surface area contributed by atoms with Gasteiger partial charge >= 0.3 is 0 Å². The molecule has 0 N–H and O–H groups in total. The Labute approximate surface area is 62.4 Å². The van der Waals surface area contributed by atoms with Crippen LogP contribution in [0.4, 0.5) is 0 Å². The molecule has 0 saturated carbocycles. The summed E-state index contributed by atoms with van der Waals surface area (Å²) in [5.41, 5.74) is 1.21. The average molecular weight is 140 g/mol. The normalized spacial score (nSPS) is 12.4. The van der Waals surface area contributed by atoms with Gasteiger partial charge in [0.1, 0.15) is 0 Å². The first kappa shape index (κ1) is 8.57. The van der Waals surface area contributed by atoms with Gasteiger partial charge in [-0.2, -0.15) is 12.6 Å². The fourth-order valence-electron chi connectivity index (χ4n) is 0.480. The van der Waals surface area contributed by atoms with Gasteiger partial charge in [-0.25, -0.2) is 0 Å². The number of rotatable bonds is 3. The standard InChI is InChI=1S/C8H12S/c1-3-5-8(2)6-4-7-9/h3-6,9H,1,7H2,2H3/b6-4-,8-5-. The summed E-state index contributed by atoms with van der Waals surface area (Å²) in [6.07, 6.45) is 7.76. The quantitative estimate of drug-likeness (QED) is 0.452. The molecule has 0 radical (unpaired) electrons. The van der Waals surface area contributed by atoms with Crippen molar-refractivity contribution in [2.45, 2.75) is 6.92 Å². The van der Waals surface area contributed by atoms with Gasteiger partial charge in [0.2, 0.25) is 0 Å². The molecule has 0 spiro atoms. The molecule has 0 aliphatic heterocycles. The molecule has 0 aromatic carbocycles. The lowest BCUT2D eigenvalue weighted by Gasteiger charge is -1.84. The van der Waals surface area contributed by atoms with Gasteiger partial charge in [0.05, 0.1) is 0 Å². The van der Waals surface area contributed by atoms with Gasteiger partial charge in [-0.15, -0.1) is 0 Å². The molecule has 0 rings (SSSR count). The molecule has 1 heteroatoms. The van der Waals surface area contributed by atoms with E-state index in [2.05, 4.69) is 19.2 Å². The van der Waals surface area contributed by atoms with Crippen LogP contribution in [0.2, 0.25) is 0 Å². The van der Waals surface area contributed by atoms with E-state index in [1.54, 1.807) is 6.08 Å². The first-order chi connectivity index (χ1) is 4.31. The molecular formula is C8H12S. The zero-order valence-corrected chi connectivity index (χ0v) is 6.57. The Morgan fingerprint density at radius 1 is 1.67 bits per heavy atom. The maximum atomic E-state index is 4.02. The van der Waals surface area contributed by atoms with E-state index in [1.807, 2.05) is 25.2 Å². The highest BCUT2D eigenvalue weighted by molar-refractivity contribution is 7.80. The van der Waals surface area contributed by atoms with Crippen LogP contribution in [-0.4, -0.2) is 5.75 Å². The first-order valence-corrected chi connectivity index (χ1v) is 3.51. The van der Waals surface area contributed by atoms with Gasteiger partial charge in [-0.3, -0.25) is 0 Å². The summed E-state index contributed by atoms with van der Waals surface area (Å²) in [5, 5.41) is 0. The minimum absolute atomic E-state index is 0.794. The zero-order valence-electron chi connectivity index (χ0n) is 5.67. The molecule has 0 atom stereocenters. The van der Waals surface area contributed by atoms with Gasteiger partial charge in [-0.1, -0.05) is 36.5 Å². The molecule has 50 valence electrons. The fraction of sp³-hybridized carbons (Fsp3) is 0.250. The minimum Gasteiger partial charge on any atom is -0.175 e. The van der Waals surface area contributed by atoms with Crippen molar-refractivity contribution >= 4 is 12.6 Å². The lowest BCUT2D eigenvalue weighted by Crippen LogP contribution is -1.66. The second-order valence-electron chi connectivity index (χ2n) is 1.73. The van der Waals surface area contributed by atoms with Gasteiger partial charge in [0.25, 0.3) is 0 Å². The first-order valence-electron chi connectivity index (χ1n) is 2.88. The number of hydrogen-bond donors (Lipinski definition) is 1. The Hall–Kier alpha value is -0.430. The van der Waals surface area contributed by atoms with Crippen LogP contribution in [0.5, 0.6) is 0 Å². The second kappa shape index (κ2) is 5.70. The summed E-state index contributed by atoms with van der Waals surface area (Å²) in [4.78, 5) is 0. The molecule has 0 aromatic rings. The van der Waals surface area contributed by atoms with Crippen molar-refractivity contribution in [3.8, 4) is 0 Å². The zero-order chi connectivity index (χ0) is 7.11. The van der Waals surface area contributed by atoms with Gasteiger partial charge in [0.15, 0.2) is 0 Å². The number of hydrogen-bond acceptors (Lipinski definition) is 1. The molecule has 0 bridgehead atoms. The van der Waals surface area contributed by atoms with Crippen LogP contribution < -0.4 is 0 Å². The highest BCUT2D eigenvalue weighted by Gasteiger charge is 1.74. The van der Waals surface area contributed by atoms with E-state index in [0.29, 0.717) is 0 Å². The predicted octanol–water partition coefficient (Wildman–Crippen LogP) is 2.60. The van der Waals surface area contributed by atoms with E-state index < -0.39 is 0 Å². The van der Waals surface area contributed by atoms with Crippen molar-refractivity contribution in [3.63, 3.8) is 0 Å². The van der Waals surface area contributed by atoms with Crippen LogP contribution in [0, 0.1) is 0 Å². The van der Waals surface area contributed by atoms with Crippen LogP contribution in [-0.2, 0) is 0 Å². The Morgan fingerprint density at radius 3 is 2.78 bits per heavy atom. The molecule has 0 nitrogen and oxygen atoms in total. The minimum atomic E-state index is 0.794. The highest BCUT2D eigenvalue weighted by atomic mass is 32.1. The van der Waals surface area contributed by atoms with E-state index >= 15 is 0 Å². The second-order valence-corrected chi connectivity index (χ2v) is 2.10. The smallest absolute Gasteiger partial charge is 0.00857 e. The molecule has 0 aromatic heterocycles. The number of thiol groups is 1. The number of allylic oxidation sites excluding steroid dienone is 4. The Balaban J connectivity index is 3.74. The molecule has 0 aliphatic carbocycles. The summed E-state index contributed by atoms with van der Waals surface area (Å²) >= 11 is 4.02. The van der Waals surface area contributed by atoms with Crippen LogP contribution >= 0.6 is 12.6 Å². The molecule has 0 unspecified atom stereocenters. The van der Waals surface area contributed by atoms with Crippen LogP contribution in [0.3, 0.4) is 0 Å². The van der Waals surface area contributed by atoms with Gasteiger partial charge < -0.3 is 0 Å². The molecule has 0 saturated heterocycles. The molecular weight excluding hydrogens is 128 g/mol. The molecule has 9 heavy (non-hydrogen) atoms. The van der Waals surface area contributed by atoms with Gasteiger partial charge in [0, 0.05) is 5.75 Å². The fourth-order valence-corrected chi connectivity index (χ4v) is 0.585. The maximum Gasteiger partial charge on any atom is 0.00857 e. The van der Waals surface area contributed by atoms with E-state index in [9.17, 15) is 0 Å². The maximum absolute atomic E-state index is 4.02. The van der Waals surface area contributed by atoms with E-state index in [-0.39, 0.29) is 0 Å². The Morgan fingerprint density at radius 2 is 2.33 bits per heavy atom. The van der Waals surface area contributed by atoms with Crippen molar-refractivity contribution < 1.29 is 0 Å². The van der Waals surface area contributed by atoms with Crippen molar-refractivity contribution in [2.75, 3.05) is 5.75 Å². The van der Waals surface area contributed by atoms with Crippen molar-refractivity contribution in [1.82, 2.24) is 0 Å². The van der Waals surface area contributed by atoms with E-state index in [4.69, 9.17) is 0 Å². The molecule has 0 amide bonds. The van der Waals surface area contributed by atoms with Crippen LogP contribution in [0.25, 0.3) is 0 Å². The average Bonchev–Trinajstić information content (AvgIpc) is 1.85. The monoisotopic (exact) mass is 140 g/mol. The third-order valence-corrected chi connectivity index (χ3v) is 1.08. The topological polar surface area (TPSA) is 0 Å². The molecule has 0 fully saturated rings. The molecule has 0 heterocycles. The SMILES string of the molecule is C=C/C=C(C)\C=C/CS. The Bertz CT molecular complexity index is 132. The van der Waals surface area contributed by atoms with Crippen LogP contribution in [0.15, 0.2) is 36.5 Å². The van der Waals surface area contributed by atoms with Crippen molar-refractivity contribution in [2.24, 2.45) is 0 Å². The summed E-state index contributed by atoms with van der Waals surface area (Å²) in [7, 11) is 0. The molecule has 0 aliphatic rings. The summed E-state index contributed by atoms with van der Waals surface area (Å²) in [5.74, 6) is 0.794.